The second-order valence-corrected chi connectivity index (χ2v) is 12.8. The molecule has 0 saturated carbocycles. The number of hydrogen-bond acceptors (Lipinski definition) is 3. The van der Waals surface area contributed by atoms with Crippen molar-refractivity contribution >= 4 is 30.7 Å². The lowest BCUT2D eigenvalue weighted by molar-refractivity contribution is 0.0787. The van der Waals surface area contributed by atoms with Crippen molar-refractivity contribution in [1.82, 2.24) is 19.7 Å². The van der Waals surface area contributed by atoms with Crippen LogP contribution < -0.4 is 0 Å². The Bertz CT molecular complexity index is 806. The molecule has 0 saturated heterocycles. The molecule has 0 fully saturated rings. The summed E-state index contributed by atoms with van der Waals surface area (Å²) in [5.41, 5.74) is 2.59. The van der Waals surface area contributed by atoms with Gasteiger partial charge in [-0.2, -0.15) is 5.10 Å². The van der Waals surface area contributed by atoms with Crippen LogP contribution in [0.5, 0.6) is 0 Å². The number of aromatic nitrogens is 4. The van der Waals surface area contributed by atoms with E-state index in [2.05, 4.69) is 34.7 Å². The second-order valence-electron chi connectivity index (χ2n) is 6.81. The van der Waals surface area contributed by atoms with Crippen molar-refractivity contribution in [1.29, 1.82) is 0 Å². The van der Waals surface area contributed by atoms with Gasteiger partial charge in [0.1, 0.15) is 12.4 Å². The van der Waals surface area contributed by atoms with E-state index >= 15 is 0 Å². The lowest BCUT2D eigenvalue weighted by atomic mass is 10.1. The molecule has 3 aromatic heterocycles. The molecular weight excluding hydrogens is 328 g/mol. The lowest BCUT2D eigenvalue weighted by Gasteiger charge is -2.15. The Balaban J connectivity index is 1.71. The van der Waals surface area contributed by atoms with Crippen LogP contribution in [-0.2, 0) is 11.5 Å². The van der Waals surface area contributed by atoms with E-state index in [1.807, 2.05) is 23.1 Å². The first-order valence-corrected chi connectivity index (χ1v) is 11.8. The number of fused-ring (bicyclic) bond motifs is 1. The van der Waals surface area contributed by atoms with Crippen LogP contribution >= 0.6 is 11.6 Å². The Kier molecular flexibility index (Phi) is 4.56. The standard InChI is InChI=1S/C16H21ClN4OSi/c1-23(2,3)9-8-22-11-21-7-5-14(20-21)12-10-19-16-15(12)13(17)4-6-18-16/h4-7,10H,8-9,11H2,1-3H3,(H,18,19). The molecule has 0 amide bonds. The highest BCUT2D eigenvalue weighted by Crippen LogP contribution is 2.31. The van der Waals surface area contributed by atoms with Gasteiger partial charge in [-0.05, 0) is 18.2 Å². The number of aromatic amines is 1. The van der Waals surface area contributed by atoms with Crippen LogP contribution in [0.3, 0.4) is 0 Å². The van der Waals surface area contributed by atoms with Crippen LogP contribution in [0.25, 0.3) is 22.3 Å². The molecule has 3 aromatic rings. The summed E-state index contributed by atoms with van der Waals surface area (Å²) >= 11 is 6.29. The minimum atomic E-state index is -1.05. The van der Waals surface area contributed by atoms with Gasteiger partial charge in [-0.3, -0.25) is 0 Å². The van der Waals surface area contributed by atoms with E-state index in [1.165, 1.54) is 0 Å². The monoisotopic (exact) mass is 348 g/mol. The first-order valence-electron chi connectivity index (χ1n) is 7.67. The fourth-order valence-electron chi connectivity index (χ4n) is 2.33. The number of ether oxygens (including phenoxy) is 1. The Morgan fingerprint density at radius 1 is 1.30 bits per heavy atom. The predicted molar refractivity (Wildman–Crippen MR) is 96.4 cm³/mol. The van der Waals surface area contributed by atoms with Crippen molar-refractivity contribution in [2.24, 2.45) is 0 Å². The maximum Gasteiger partial charge on any atom is 0.139 e. The van der Waals surface area contributed by atoms with E-state index in [1.54, 1.807) is 12.3 Å². The molecule has 3 rings (SSSR count). The summed E-state index contributed by atoms with van der Waals surface area (Å²) in [5, 5.41) is 6.15. The van der Waals surface area contributed by atoms with Gasteiger partial charge in [0.25, 0.3) is 0 Å². The Labute approximate surface area is 141 Å². The molecule has 0 atom stereocenters. The molecule has 23 heavy (non-hydrogen) atoms. The minimum Gasteiger partial charge on any atom is -0.360 e. The van der Waals surface area contributed by atoms with Crippen molar-refractivity contribution in [3.05, 3.63) is 35.7 Å². The number of nitrogens with one attached hydrogen (secondary N) is 1. The van der Waals surface area contributed by atoms with Crippen LogP contribution in [0.1, 0.15) is 0 Å². The van der Waals surface area contributed by atoms with Crippen LogP contribution in [-0.4, -0.2) is 34.4 Å². The number of H-pyrrole nitrogens is 1. The van der Waals surface area contributed by atoms with Crippen LogP contribution in [0.2, 0.25) is 30.7 Å². The van der Waals surface area contributed by atoms with Crippen molar-refractivity contribution in [3.8, 4) is 11.3 Å². The molecule has 0 spiro atoms. The molecule has 0 aliphatic heterocycles. The molecule has 1 N–H and O–H groups in total. The smallest absolute Gasteiger partial charge is 0.139 e. The van der Waals surface area contributed by atoms with Gasteiger partial charge < -0.3 is 9.72 Å². The molecule has 0 aliphatic rings. The van der Waals surface area contributed by atoms with Crippen molar-refractivity contribution in [3.63, 3.8) is 0 Å². The summed E-state index contributed by atoms with van der Waals surface area (Å²) in [6, 6.07) is 4.91. The van der Waals surface area contributed by atoms with Gasteiger partial charge in [0, 0.05) is 44.2 Å². The number of rotatable bonds is 6. The zero-order valence-electron chi connectivity index (χ0n) is 13.6. The van der Waals surface area contributed by atoms with Gasteiger partial charge in [0.15, 0.2) is 0 Å². The normalized spacial score (nSPS) is 12.2. The quantitative estimate of drug-likeness (QED) is 0.531. The number of pyridine rings is 1. The van der Waals surface area contributed by atoms with Gasteiger partial charge >= 0.3 is 0 Å². The van der Waals surface area contributed by atoms with E-state index in [0.717, 1.165) is 34.9 Å². The highest BCUT2D eigenvalue weighted by atomic mass is 35.5. The summed E-state index contributed by atoms with van der Waals surface area (Å²) in [4.78, 5) is 7.42. The zero-order valence-corrected chi connectivity index (χ0v) is 15.4. The summed E-state index contributed by atoms with van der Waals surface area (Å²) in [5.74, 6) is 0. The third-order valence-electron chi connectivity index (χ3n) is 3.66. The van der Waals surface area contributed by atoms with Crippen molar-refractivity contribution in [2.75, 3.05) is 6.61 Å². The van der Waals surface area contributed by atoms with E-state index in [4.69, 9.17) is 16.3 Å². The number of nitrogens with zero attached hydrogens (tertiary/aromatic N) is 3. The van der Waals surface area contributed by atoms with Gasteiger partial charge in [0.2, 0.25) is 0 Å². The van der Waals surface area contributed by atoms with Crippen molar-refractivity contribution in [2.45, 2.75) is 32.4 Å². The molecule has 0 radical (unpaired) electrons. The molecule has 0 aromatic carbocycles. The van der Waals surface area contributed by atoms with Gasteiger partial charge in [-0.1, -0.05) is 31.2 Å². The van der Waals surface area contributed by atoms with Gasteiger partial charge in [-0.25, -0.2) is 9.67 Å². The Hall–Kier alpha value is -1.63. The molecule has 5 nitrogen and oxygen atoms in total. The van der Waals surface area contributed by atoms with Crippen LogP contribution in [0.15, 0.2) is 30.7 Å². The number of hydrogen-bond donors (Lipinski definition) is 1. The average molecular weight is 349 g/mol. The van der Waals surface area contributed by atoms with E-state index < -0.39 is 8.07 Å². The summed E-state index contributed by atoms with van der Waals surface area (Å²) in [6.45, 7) is 8.29. The van der Waals surface area contributed by atoms with Crippen molar-refractivity contribution < 1.29 is 4.74 Å². The number of halogens is 1. The summed E-state index contributed by atoms with van der Waals surface area (Å²) in [6.07, 6.45) is 5.51. The molecule has 0 unspecified atom stereocenters. The SMILES string of the molecule is C[Si](C)(C)CCOCn1ccc(-c2c[nH]c3nccc(Cl)c23)n1. The fourth-order valence-corrected chi connectivity index (χ4v) is 3.34. The zero-order chi connectivity index (χ0) is 16.4. The lowest BCUT2D eigenvalue weighted by Crippen LogP contribution is -2.22. The highest BCUT2D eigenvalue weighted by Gasteiger charge is 2.14. The maximum atomic E-state index is 6.29. The predicted octanol–water partition coefficient (Wildman–Crippen LogP) is 4.39. The molecular formula is C16H21ClN4OSi. The summed E-state index contributed by atoms with van der Waals surface area (Å²) < 4.78 is 7.53. The first-order chi connectivity index (χ1) is 10.9. The van der Waals surface area contributed by atoms with Gasteiger partial charge in [-0.15, -0.1) is 0 Å². The largest absolute Gasteiger partial charge is 0.360 e. The average Bonchev–Trinajstić information content (AvgIpc) is 3.09. The molecule has 0 bridgehead atoms. The van der Waals surface area contributed by atoms with Crippen LogP contribution in [0.4, 0.5) is 0 Å². The highest BCUT2D eigenvalue weighted by molar-refractivity contribution is 6.76. The van der Waals surface area contributed by atoms with Crippen LogP contribution in [0, 0.1) is 0 Å². The minimum absolute atomic E-state index is 0.471. The maximum absolute atomic E-state index is 6.29. The second kappa shape index (κ2) is 6.47. The molecule has 7 heteroatoms. The van der Waals surface area contributed by atoms with E-state index in [0.29, 0.717) is 11.8 Å². The Morgan fingerprint density at radius 2 is 2.13 bits per heavy atom. The van der Waals surface area contributed by atoms with E-state index in [9.17, 15) is 0 Å². The first kappa shape index (κ1) is 16.2. The fraction of sp³-hybridized carbons (Fsp3) is 0.375. The van der Waals surface area contributed by atoms with Gasteiger partial charge in [0.05, 0.1) is 10.7 Å². The molecule has 3 heterocycles. The summed E-state index contributed by atoms with van der Waals surface area (Å²) in [7, 11) is -1.05. The third kappa shape index (κ3) is 3.83. The third-order valence-corrected chi connectivity index (χ3v) is 5.68. The molecule has 122 valence electrons. The molecule has 0 aliphatic carbocycles. The Morgan fingerprint density at radius 3 is 2.91 bits per heavy atom. The van der Waals surface area contributed by atoms with E-state index in [-0.39, 0.29) is 0 Å². The topological polar surface area (TPSA) is 55.7 Å².